The molecule has 1 aromatic carbocycles. The van der Waals surface area contributed by atoms with E-state index in [2.05, 4.69) is 42.0 Å². The molecule has 3 nitrogen and oxygen atoms in total. The van der Waals surface area contributed by atoms with E-state index >= 15 is 0 Å². The molecule has 0 unspecified atom stereocenters. The Morgan fingerprint density at radius 3 is 2.31 bits per heavy atom. The van der Waals surface area contributed by atoms with Crippen molar-refractivity contribution in [2.75, 3.05) is 0 Å². The second-order valence-electron chi connectivity index (χ2n) is 3.98. The summed E-state index contributed by atoms with van der Waals surface area (Å²) in [5.41, 5.74) is 11.0. The molecule has 2 aromatic rings. The number of benzene rings is 1. The first-order valence-corrected chi connectivity index (χ1v) is 5.28. The van der Waals surface area contributed by atoms with Crippen molar-refractivity contribution in [1.82, 2.24) is 9.97 Å². The van der Waals surface area contributed by atoms with Crippen LogP contribution in [0.1, 0.15) is 16.8 Å². The predicted molar refractivity (Wildman–Crippen MR) is 64.8 cm³/mol. The lowest BCUT2D eigenvalue weighted by Crippen LogP contribution is -2.00. The minimum atomic E-state index is 0.445. The summed E-state index contributed by atoms with van der Waals surface area (Å²) in [7, 11) is 0. The van der Waals surface area contributed by atoms with Gasteiger partial charge in [0.15, 0.2) is 0 Å². The minimum absolute atomic E-state index is 0.445. The topological polar surface area (TPSA) is 51.8 Å². The Morgan fingerprint density at radius 2 is 1.69 bits per heavy atom. The number of aryl methyl sites for hydroxylation is 2. The smallest absolute Gasteiger partial charge is 0.116 e. The van der Waals surface area contributed by atoms with Gasteiger partial charge in [0.1, 0.15) is 6.33 Å². The number of nitrogens with zero attached hydrogens (tertiary/aromatic N) is 2. The third-order valence-corrected chi connectivity index (χ3v) is 2.45. The largest absolute Gasteiger partial charge is 0.325 e. The molecule has 1 heterocycles. The van der Waals surface area contributed by atoms with Gasteiger partial charge in [0.05, 0.1) is 11.4 Å². The first-order chi connectivity index (χ1) is 7.69. The van der Waals surface area contributed by atoms with Crippen LogP contribution < -0.4 is 5.73 Å². The predicted octanol–water partition coefficient (Wildman–Crippen LogP) is 2.22. The van der Waals surface area contributed by atoms with Crippen molar-refractivity contribution in [3.8, 4) is 11.3 Å². The zero-order chi connectivity index (χ0) is 11.5. The third kappa shape index (κ3) is 2.25. The quantitative estimate of drug-likeness (QED) is 0.832. The molecule has 3 heteroatoms. The zero-order valence-electron chi connectivity index (χ0n) is 9.57. The van der Waals surface area contributed by atoms with E-state index in [1.807, 2.05) is 6.07 Å². The molecule has 2 rings (SSSR count). The van der Waals surface area contributed by atoms with E-state index in [4.69, 9.17) is 5.73 Å². The van der Waals surface area contributed by atoms with Crippen molar-refractivity contribution in [3.05, 3.63) is 47.4 Å². The molecule has 0 spiro atoms. The molecule has 0 atom stereocenters. The lowest BCUT2D eigenvalue weighted by molar-refractivity contribution is 0.966. The molecule has 2 N–H and O–H groups in total. The van der Waals surface area contributed by atoms with Crippen LogP contribution in [0.4, 0.5) is 0 Å². The summed E-state index contributed by atoms with van der Waals surface area (Å²) in [6.07, 6.45) is 1.56. The second kappa shape index (κ2) is 4.41. The third-order valence-electron chi connectivity index (χ3n) is 2.45. The molecule has 0 radical (unpaired) electrons. The molecule has 0 aliphatic rings. The highest BCUT2D eigenvalue weighted by molar-refractivity contribution is 5.61. The first kappa shape index (κ1) is 10.8. The van der Waals surface area contributed by atoms with E-state index in [0.717, 1.165) is 17.0 Å². The van der Waals surface area contributed by atoms with Gasteiger partial charge in [-0.3, -0.25) is 0 Å². The van der Waals surface area contributed by atoms with Crippen LogP contribution in [0.5, 0.6) is 0 Å². The zero-order valence-corrected chi connectivity index (χ0v) is 9.57. The molecular formula is C13H15N3. The molecular weight excluding hydrogens is 198 g/mol. The standard InChI is InChI=1S/C13H15N3/c1-9-3-10(2)5-11(4-9)13-6-12(7-14)15-8-16-13/h3-6,8H,7,14H2,1-2H3. The van der Waals surface area contributed by atoms with Crippen molar-refractivity contribution in [3.63, 3.8) is 0 Å². The highest BCUT2D eigenvalue weighted by atomic mass is 14.8. The van der Waals surface area contributed by atoms with E-state index in [9.17, 15) is 0 Å². The molecule has 0 saturated heterocycles. The van der Waals surface area contributed by atoms with Gasteiger partial charge in [-0.2, -0.15) is 0 Å². The van der Waals surface area contributed by atoms with Gasteiger partial charge in [0.2, 0.25) is 0 Å². The number of hydrogen-bond acceptors (Lipinski definition) is 3. The summed E-state index contributed by atoms with van der Waals surface area (Å²) in [6.45, 7) is 4.61. The fourth-order valence-corrected chi connectivity index (χ4v) is 1.79. The van der Waals surface area contributed by atoms with Crippen LogP contribution in [0.3, 0.4) is 0 Å². The Balaban J connectivity index is 2.49. The summed E-state index contributed by atoms with van der Waals surface area (Å²) in [6, 6.07) is 8.33. The van der Waals surface area contributed by atoms with Gasteiger partial charge in [0.25, 0.3) is 0 Å². The lowest BCUT2D eigenvalue weighted by Gasteiger charge is -2.05. The van der Waals surface area contributed by atoms with E-state index in [1.165, 1.54) is 11.1 Å². The Bertz CT molecular complexity index is 486. The van der Waals surface area contributed by atoms with Crippen LogP contribution in [-0.4, -0.2) is 9.97 Å². The molecule has 16 heavy (non-hydrogen) atoms. The van der Waals surface area contributed by atoms with Gasteiger partial charge in [-0.25, -0.2) is 9.97 Å². The average molecular weight is 213 g/mol. The highest BCUT2D eigenvalue weighted by Gasteiger charge is 2.02. The number of rotatable bonds is 2. The van der Waals surface area contributed by atoms with Gasteiger partial charge < -0.3 is 5.73 Å². The van der Waals surface area contributed by atoms with Crippen molar-refractivity contribution < 1.29 is 0 Å². The van der Waals surface area contributed by atoms with E-state index in [1.54, 1.807) is 6.33 Å². The van der Waals surface area contributed by atoms with Gasteiger partial charge in [-0.15, -0.1) is 0 Å². The Morgan fingerprint density at radius 1 is 1.00 bits per heavy atom. The molecule has 0 saturated carbocycles. The molecule has 0 bridgehead atoms. The monoisotopic (exact) mass is 213 g/mol. The summed E-state index contributed by atoms with van der Waals surface area (Å²) in [5, 5.41) is 0. The fourth-order valence-electron chi connectivity index (χ4n) is 1.79. The summed E-state index contributed by atoms with van der Waals surface area (Å²) < 4.78 is 0. The van der Waals surface area contributed by atoms with Crippen LogP contribution in [0.25, 0.3) is 11.3 Å². The van der Waals surface area contributed by atoms with Crippen LogP contribution in [0.15, 0.2) is 30.6 Å². The van der Waals surface area contributed by atoms with Crippen molar-refractivity contribution in [2.45, 2.75) is 20.4 Å². The maximum absolute atomic E-state index is 5.57. The van der Waals surface area contributed by atoms with Gasteiger partial charge in [-0.1, -0.05) is 17.2 Å². The second-order valence-corrected chi connectivity index (χ2v) is 3.98. The molecule has 0 aliphatic heterocycles. The summed E-state index contributed by atoms with van der Waals surface area (Å²) in [4.78, 5) is 8.37. The fraction of sp³-hybridized carbons (Fsp3) is 0.231. The van der Waals surface area contributed by atoms with Crippen molar-refractivity contribution in [1.29, 1.82) is 0 Å². The lowest BCUT2D eigenvalue weighted by atomic mass is 10.0. The number of nitrogens with two attached hydrogens (primary N) is 1. The molecule has 0 fully saturated rings. The van der Waals surface area contributed by atoms with Gasteiger partial charge >= 0.3 is 0 Å². The summed E-state index contributed by atoms with van der Waals surface area (Å²) >= 11 is 0. The van der Waals surface area contributed by atoms with Crippen molar-refractivity contribution >= 4 is 0 Å². The van der Waals surface area contributed by atoms with E-state index in [0.29, 0.717) is 6.54 Å². The first-order valence-electron chi connectivity index (χ1n) is 5.28. The Hall–Kier alpha value is -1.74. The molecule has 82 valence electrons. The van der Waals surface area contributed by atoms with Gasteiger partial charge in [-0.05, 0) is 32.0 Å². The normalized spacial score (nSPS) is 10.4. The van der Waals surface area contributed by atoms with E-state index < -0.39 is 0 Å². The minimum Gasteiger partial charge on any atom is -0.325 e. The van der Waals surface area contributed by atoms with Crippen LogP contribution in [-0.2, 0) is 6.54 Å². The maximum atomic E-state index is 5.57. The SMILES string of the molecule is Cc1cc(C)cc(-c2cc(CN)ncn2)c1. The molecule has 0 aliphatic carbocycles. The Labute approximate surface area is 95.4 Å². The number of aromatic nitrogens is 2. The Kier molecular flexibility index (Phi) is 2.97. The highest BCUT2D eigenvalue weighted by Crippen LogP contribution is 2.20. The van der Waals surface area contributed by atoms with Crippen LogP contribution >= 0.6 is 0 Å². The maximum Gasteiger partial charge on any atom is 0.116 e. The van der Waals surface area contributed by atoms with Gasteiger partial charge in [0, 0.05) is 12.1 Å². The van der Waals surface area contributed by atoms with Crippen LogP contribution in [0.2, 0.25) is 0 Å². The van der Waals surface area contributed by atoms with Crippen molar-refractivity contribution in [2.24, 2.45) is 5.73 Å². The molecule has 0 amide bonds. The molecule has 1 aromatic heterocycles. The van der Waals surface area contributed by atoms with Crippen LogP contribution in [0, 0.1) is 13.8 Å². The summed E-state index contributed by atoms with van der Waals surface area (Å²) in [5.74, 6) is 0. The van der Waals surface area contributed by atoms with E-state index in [-0.39, 0.29) is 0 Å². The average Bonchev–Trinajstić information content (AvgIpc) is 2.28. The number of hydrogen-bond donors (Lipinski definition) is 1.